The third kappa shape index (κ3) is 3.23. The fourth-order valence-corrected chi connectivity index (χ4v) is 2.77. The molecule has 1 aromatic carbocycles. The molecule has 4 nitrogen and oxygen atoms in total. The highest BCUT2D eigenvalue weighted by molar-refractivity contribution is 6.44. The average molecular weight is 320 g/mol. The minimum atomic E-state index is -0.514. The van der Waals surface area contributed by atoms with E-state index in [1.165, 1.54) is 0 Å². The average Bonchev–Trinajstić information content (AvgIpc) is 2.77. The van der Waals surface area contributed by atoms with Gasteiger partial charge >= 0.3 is 0 Å². The van der Waals surface area contributed by atoms with Crippen molar-refractivity contribution >= 4 is 17.2 Å². The molecule has 0 fully saturated rings. The van der Waals surface area contributed by atoms with E-state index in [2.05, 4.69) is 17.1 Å². The number of primary amides is 1. The molecule has 0 radical (unpaired) electrons. The Kier molecular flexibility index (Phi) is 4.47. The van der Waals surface area contributed by atoms with Gasteiger partial charge in [0.15, 0.2) is 0 Å². The first-order valence-corrected chi connectivity index (χ1v) is 7.98. The molecule has 1 atom stereocenters. The topological polar surface area (TPSA) is 64.7 Å². The van der Waals surface area contributed by atoms with Crippen LogP contribution in [0.2, 0.25) is 0 Å². The van der Waals surface area contributed by atoms with Crippen molar-refractivity contribution in [3.8, 4) is 5.75 Å². The van der Waals surface area contributed by atoms with Gasteiger partial charge in [-0.15, -0.1) is 0 Å². The third-order valence-electron chi connectivity index (χ3n) is 3.98. The molecule has 2 N–H and O–H groups in total. The Labute approximate surface area is 141 Å². The zero-order valence-corrected chi connectivity index (χ0v) is 13.8. The number of amides is 1. The highest BCUT2D eigenvalue weighted by Crippen LogP contribution is 2.33. The normalized spacial score (nSPS) is 19.3. The van der Waals surface area contributed by atoms with Crippen molar-refractivity contribution in [3.63, 3.8) is 0 Å². The van der Waals surface area contributed by atoms with Crippen LogP contribution in [0, 0.1) is 0 Å². The van der Waals surface area contributed by atoms with E-state index < -0.39 is 5.91 Å². The first-order chi connectivity index (χ1) is 11.6. The molecular weight excluding hydrogens is 300 g/mol. The number of rotatable bonds is 4. The second kappa shape index (κ2) is 6.71. The van der Waals surface area contributed by atoms with E-state index in [4.69, 9.17) is 10.5 Å². The van der Waals surface area contributed by atoms with Crippen molar-refractivity contribution in [1.29, 1.82) is 0 Å². The van der Waals surface area contributed by atoms with Crippen molar-refractivity contribution in [2.75, 3.05) is 6.61 Å². The summed E-state index contributed by atoms with van der Waals surface area (Å²) in [5, 5.41) is 0. The van der Waals surface area contributed by atoms with Gasteiger partial charge in [-0.3, -0.25) is 9.79 Å². The molecule has 0 aromatic heterocycles. The number of nitrogens with zero attached hydrogens (tertiary/aromatic N) is 1. The van der Waals surface area contributed by atoms with Crippen molar-refractivity contribution in [3.05, 3.63) is 71.4 Å². The largest absolute Gasteiger partial charge is 0.494 e. The lowest BCUT2D eigenvalue weighted by Gasteiger charge is -2.22. The summed E-state index contributed by atoms with van der Waals surface area (Å²) in [7, 11) is 0. The Morgan fingerprint density at radius 2 is 2.00 bits per heavy atom. The molecule has 2 aliphatic rings. The van der Waals surface area contributed by atoms with Crippen LogP contribution in [-0.4, -0.2) is 24.3 Å². The predicted octanol–water partition coefficient (Wildman–Crippen LogP) is 3.22. The van der Waals surface area contributed by atoms with Gasteiger partial charge in [-0.05, 0) is 48.8 Å². The number of dihydropyridines is 1. The number of nitrogens with two attached hydrogens (primary N) is 1. The number of carbonyl (C=O) groups excluding carboxylic acids is 1. The van der Waals surface area contributed by atoms with Gasteiger partial charge in [-0.25, -0.2) is 0 Å². The van der Waals surface area contributed by atoms with Crippen LogP contribution in [0.5, 0.6) is 5.75 Å². The van der Waals surface area contributed by atoms with Crippen LogP contribution >= 0.6 is 0 Å². The summed E-state index contributed by atoms with van der Waals surface area (Å²) in [6.07, 6.45) is 9.89. The van der Waals surface area contributed by atoms with E-state index >= 15 is 0 Å². The van der Waals surface area contributed by atoms with Crippen LogP contribution in [-0.2, 0) is 4.79 Å². The highest BCUT2D eigenvalue weighted by Gasteiger charge is 2.24. The number of allylic oxidation sites excluding steroid dienone is 4. The number of benzene rings is 1. The van der Waals surface area contributed by atoms with Gasteiger partial charge in [0.25, 0.3) is 5.91 Å². The summed E-state index contributed by atoms with van der Waals surface area (Å²) >= 11 is 0. The Hall–Kier alpha value is -2.88. The van der Waals surface area contributed by atoms with Crippen molar-refractivity contribution in [2.24, 2.45) is 10.7 Å². The number of ether oxygens (including phenoxy) is 1. The number of aliphatic imine (C=N–C) groups is 1. The van der Waals surface area contributed by atoms with Crippen molar-refractivity contribution in [2.45, 2.75) is 19.9 Å². The highest BCUT2D eigenvalue weighted by atomic mass is 16.5. The van der Waals surface area contributed by atoms with Crippen molar-refractivity contribution < 1.29 is 9.53 Å². The lowest BCUT2D eigenvalue weighted by Crippen LogP contribution is -2.27. The van der Waals surface area contributed by atoms with Crippen LogP contribution < -0.4 is 10.5 Å². The van der Waals surface area contributed by atoms with E-state index in [0.29, 0.717) is 12.3 Å². The van der Waals surface area contributed by atoms with Gasteiger partial charge in [0, 0.05) is 0 Å². The molecule has 1 aliphatic carbocycles. The lowest BCUT2D eigenvalue weighted by molar-refractivity contribution is -0.111. The fraction of sp³-hybridized carbons (Fsp3) is 0.200. The monoisotopic (exact) mass is 320 g/mol. The molecule has 3 rings (SSSR count). The Morgan fingerprint density at radius 3 is 2.67 bits per heavy atom. The molecule has 24 heavy (non-hydrogen) atoms. The van der Waals surface area contributed by atoms with Crippen LogP contribution in [0.3, 0.4) is 0 Å². The smallest absolute Gasteiger partial charge is 0.266 e. The molecule has 1 heterocycles. The summed E-state index contributed by atoms with van der Waals surface area (Å²) in [5.41, 5.74) is 9.92. The first-order valence-electron chi connectivity index (χ1n) is 7.98. The molecule has 1 amide bonds. The Bertz CT molecular complexity index is 809. The number of hydrogen-bond donors (Lipinski definition) is 1. The summed E-state index contributed by atoms with van der Waals surface area (Å²) in [4.78, 5) is 16.1. The quantitative estimate of drug-likeness (QED) is 0.925. The summed E-state index contributed by atoms with van der Waals surface area (Å²) in [6, 6.07) is 7.64. The summed E-state index contributed by atoms with van der Waals surface area (Å²) in [6.45, 7) is 4.61. The minimum Gasteiger partial charge on any atom is -0.494 e. The second-order valence-corrected chi connectivity index (χ2v) is 5.73. The number of carbonyl (C=O) groups is 1. The van der Waals surface area contributed by atoms with E-state index in [-0.39, 0.29) is 6.04 Å². The van der Waals surface area contributed by atoms with Crippen LogP contribution in [0.25, 0.3) is 5.57 Å². The van der Waals surface area contributed by atoms with Crippen molar-refractivity contribution in [1.82, 2.24) is 0 Å². The van der Waals surface area contributed by atoms with E-state index in [0.717, 1.165) is 28.0 Å². The zero-order chi connectivity index (χ0) is 17.1. The number of fused-ring (bicyclic) bond motifs is 1. The van der Waals surface area contributed by atoms with Gasteiger partial charge in [0.05, 0.1) is 12.6 Å². The maximum Gasteiger partial charge on any atom is 0.266 e. The molecule has 1 aliphatic heterocycles. The standard InChI is InChI=1S/C20H20N2O2/c1-3-24-15-8-6-14(7-9-15)17-12-19(20(21)23)22-18-11-5-13(2)4-10-16(17)18/h4-12,18H,3H2,1-2H3,(H2,21,23). The lowest BCUT2D eigenvalue weighted by atomic mass is 9.89. The van der Waals surface area contributed by atoms with Gasteiger partial charge in [-0.2, -0.15) is 0 Å². The van der Waals surface area contributed by atoms with E-state index in [1.54, 1.807) is 6.08 Å². The fourth-order valence-electron chi connectivity index (χ4n) is 2.77. The van der Waals surface area contributed by atoms with Gasteiger partial charge < -0.3 is 10.5 Å². The molecule has 1 aromatic rings. The zero-order valence-electron chi connectivity index (χ0n) is 13.8. The van der Waals surface area contributed by atoms with Gasteiger partial charge in [0.2, 0.25) is 0 Å². The van der Waals surface area contributed by atoms with Crippen LogP contribution in [0.1, 0.15) is 19.4 Å². The first kappa shape index (κ1) is 16.0. The van der Waals surface area contributed by atoms with Gasteiger partial charge in [0.1, 0.15) is 11.5 Å². The maximum atomic E-state index is 11.7. The molecule has 4 heteroatoms. The van der Waals surface area contributed by atoms with Gasteiger partial charge in [-0.1, -0.05) is 42.0 Å². The summed E-state index contributed by atoms with van der Waals surface area (Å²) in [5.74, 6) is 0.309. The summed E-state index contributed by atoms with van der Waals surface area (Å²) < 4.78 is 5.50. The Balaban J connectivity index is 2.06. The predicted molar refractivity (Wildman–Crippen MR) is 97.0 cm³/mol. The molecule has 1 unspecified atom stereocenters. The molecule has 122 valence electrons. The second-order valence-electron chi connectivity index (χ2n) is 5.73. The SMILES string of the molecule is CCOc1ccc(C2=CC(C(N)=O)=NC3C=CC(C)=CC=C23)cc1. The number of hydrogen-bond acceptors (Lipinski definition) is 3. The minimum absolute atomic E-state index is 0.201. The van der Waals surface area contributed by atoms with Crippen LogP contribution in [0.15, 0.2) is 70.8 Å². The molecule has 0 spiro atoms. The third-order valence-corrected chi connectivity index (χ3v) is 3.98. The van der Waals surface area contributed by atoms with E-state index in [9.17, 15) is 4.79 Å². The van der Waals surface area contributed by atoms with E-state index in [1.807, 2.05) is 50.3 Å². The Morgan fingerprint density at radius 1 is 1.25 bits per heavy atom. The van der Waals surface area contributed by atoms with Crippen LogP contribution in [0.4, 0.5) is 0 Å². The molecule has 0 bridgehead atoms. The molecular formula is C20H20N2O2. The molecule has 0 saturated carbocycles. The maximum absolute atomic E-state index is 11.7. The molecule has 0 saturated heterocycles.